The van der Waals surface area contributed by atoms with Crippen LogP contribution in [0.2, 0.25) is 0 Å². The molecule has 0 aromatic heterocycles. The Kier molecular flexibility index (Phi) is 2.53. The molecule has 0 saturated carbocycles. The van der Waals surface area contributed by atoms with Crippen LogP contribution in [0.4, 0.5) is 0 Å². The van der Waals surface area contributed by atoms with Gasteiger partial charge >= 0.3 is 0 Å². The Morgan fingerprint density at radius 1 is 1.21 bits per heavy atom. The maximum Gasteiger partial charge on any atom is -0.0154 e. The van der Waals surface area contributed by atoms with E-state index in [9.17, 15) is 0 Å². The van der Waals surface area contributed by atoms with Crippen molar-refractivity contribution in [2.24, 2.45) is 0 Å². The lowest BCUT2D eigenvalue weighted by Gasteiger charge is -2.06. The van der Waals surface area contributed by atoms with Crippen molar-refractivity contribution < 1.29 is 0 Å². The third-order valence-electron chi connectivity index (χ3n) is 2.82. The van der Waals surface area contributed by atoms with E-state index < -0.39 is 0 Å². The van der Waals surface area contributed by atoms with Crippen LogP contribution >= 0.6 is 0 Å². The predicted octanol–water partition coefficient (Wildman–Crippen LogP) is 3.98. The molecule has 0 saturated heterocycles. The molecule has 0 atom stereocenters. The van der Waals surface area contributed by atoms with Gasteiger partial charge in [-0.1, -0.05) is 43.3 Å². The van der Waals surface area contributed by atoms with Crippen LogP contribution in [0.1, 0.15) is 31.4 Å². The zero-order valence-corrected chi connectivity index (χ0v) is 8.88. The lowest BCUT2D eigenvalue weighted by atomic mass is 9.99. The summed E-state index contributed by atoms with van der Waals surface area (Å²) in [5, 5.41) is 0. The number of hydrogen-bond donors (Lipinski definition) is 0. The van der Waals surface area contributed by atoms with E-state index in [0.717, 1.165) is 12.8 Å². The molecule has 0 heterocycles. The molecule has 0 unspecified atom stereocenters. The van der Waals surface area contributed by atoms with Gasteiger partial charge in [0, 0.05) is 0 Å². The van der Waals surface area contributed by atoms with E-state index in [1.165, 1.54) is 22.3 Å². The summed E-state index contributed by atoms with van der Waals surface area (Å²) >= 11 is 0. The minimum Gasteiger partial charge on any atom is -0.0772 e. The predicted molar refractivity (Wildman–Crippen MR) is 62.2 cm³/mol. The highest BCUT2D eigenvalue weighted by atomic mass is 14.1. The van der Waals surface area contributed by atoms with Crippen molar-refractivity contribution in [3.63, 3.8) is 0 Å². The van der Waals surface area contributed by atoms with Crippen molar-refractivity contribution >= 4 is 5.57 Å². The van der Waals surface area contributed by atoms with Crippen LogP contribution in [0.3, 0.4) is 0 Å². The highest BCUT2D eigenvalue weighted by molar-refractivity contribution is 5.80. The number of aryl methyl sites for hydroxylation is 1. The van der Waals surface area contributed by atoms with Gasteiger partial charge < -0.3 is 0 Å². The zero-order valence-electron chi connectivity index (χ0n) is 8.88. The molecule has 0 aliphatic heterocycles. The second-order valence-corrected chi connectivity index (χ2v) is 3.79. The first-order valence-electron chi connectivity index (χ1n) is 5.28. The first-order chi connectivity index (χ1) is 6.81. The summed E-state index contributed by atoms with van der Waals surface area (Å²) in [4.78, 5) is 0. The third kappa shape index (κ3) is 1.65. The molecule has 72 valence electrons. The Hall–Kier alpha value is -1.30. The normalized spacial score (nSPS) is 15.3. The van der Waals surface area contributed by atoms with Crippen LogP contribution in [0.25, 0.3) is 5.57 Å². The summed E-state index contributed by atoms with van der Waals surface area (Å²) in [6.45, 7) is 4.39. The summed E-state index contributed by atoms with van der Waals surface area (Å²) in [6, 6.07) is 8.85. The molecule has 0 spiro atoms. The van der Waals surface area contributed by atoms with E-state index in [2.05, 4.69) is 50.3 Å². The molecule has 14 heavy (non-hydrogen) atoms. The van der Waals surface area contributed by atoms with E-state index >= 15 is 0 Å². The van der Waals surface area contributed by atoms with Gasteiger partial charge in [0.25, 0.3) is 0 Å². The van der Waals surface area contributed by atoms with Crippen LogP contribution in [-0.2, 0) is 6.42 Å². The second-order valence-electron chi connectivity index (χ2n) is 3.79. The summed E-state index contributed by atoms with van der Waals surface area (Å²) in [7, 11) is 0. The third-order valence-corrected chi connectivity index (χ3v) is 2.82. The van der Waals surface area contributed by atoms with Crippen molar-refractivity contribution in [3.05, 3.63) is 53.1 Å². The molecule has 0 heteroatoms. The summed E-state index contributed by atoms with van der Waals surface area (Å²) in [6.07, 6.45) is 6.81. The van der Waals surface area contributed by atoms with Crippen molar-refractivity contribution in [2.75, 3.05) is 0 Å². The lowest BCUT2D eigenvalue weighted by molar-refractivity contribution is 1.14. The lowest BCUT2D eigenvalue weighted by Crippen LogP contribution is -1.86. The van der Waals surface area contributed by atoms with E-state index in [4.69, 9.17) is 0 Å². The molecule has 1 aliphatic carbocycles. The monoisotopic (exact) mass is 184 g/mol. The van der Waals surface area contributed by atoms with E-state index in [0.29, 0.717) is 0 Å². The molecular formula is C14H16. The van der Waals surface area contributed by atoms with Crippen LogP contribution in [0.5, 0.6) is 0 Å². The van der Waals surface area contributed by atoms with Crippen molar-refractivity contribution in [1.29, 1.82) is 0 Å². The molecule has 0 bridgehead atoms. The smallest absolute Gasteiger partial charge is 0.0154 e. The van der Waals surface area contributed by atoms with Gasteiger partial charge in [-0.2, -0.15) is 0 Å². The largest absolute Gasteiger partial charge is 0.0772 e. The van der Waals surface area contributed by atoms with E-state index in [-0.39, 0.29) is 0 Å². The SMILES string of the molecule is CCc1cccc(C2=CCC=C2C)c1. The molecular weight excluding hydrogens is 168 g/mol. The van der Waals surface area contributed by atoms with Gasteiger partial charge in [-0.25, -0.2) is 0 Å². The quantitative estimate of drug-likeness (QED) is 0.652. The Bertz CT molecular complexity index is 394. The topological polar surface area (TPSA) is 0 Å². The first kappa shape index (κ1) is 9.26. The standard InChI is InChI=1S/C14H16/c1-3-12-7-5-8-13(10-12)14-9-4-6-11(14)2/h5-10H,3-4H2,1-2H3. The number of benzene rings is 1. The van der Waals surface area contributed by atoms with Crippen LogP contribution in [0, 0.1) is 0 Å². The first-order valence-corrected chi connectivity index (χ1v) is 5.28. The van der Waals surface area contributed by atoms with Crippen molar-refractivity contribution in [1.82, 2.24) is 0 Å². The highest BCUT2D eigenvalue weighted by Gasteiger charge is 2.07. The Balaban J connectivity index is 2.37. The minimum atomic E-state index is 1.09. The van der Waals surface area contributed by atoms with Crippen LogP contribution < -0.4 is 0 Å². The summed E-state index contributed by atoms with van der Waals surface area (Å²) in [5.41, 5.74) is 5.62. The number of hydrogen-bond acceptors (Lipinski definition) is 0. The summed E-state index contributed by atoms with van der Waals surface area (Å²) < 4.78 is 0. The fourth-order valence-electron chi connectivity index (χ4n) is 1.93. The van der Waals surface area contributed by atoms with E-state index in [1.807, 2.05) is 0 Å². The second kappa shape index (κ2) is 3.83. The zero-order chi connectivity index (χ0) is 9.97. The van der Waals surface area contributed by atoms with Gasteiger partial charge in [0.05, 0.1) is 0 Å². The molecule has 1 aromatic carbocycles. The Labute approximate surface area is 86.0 Å². The fraction of sp³-hybridized carbons (Fsp3) is 0.286. The average Bonchev–Trinajstić information content (AvgIpc) is 2.65. The molecule has 2 rings (SSSR count). The van der Waals surface area contributed by atoms with Gasteiger partial charge in [-0.05, 0) is 42.0 Å². The van der Waals surface area contributed by atoms with Gasteiger partial charge in [-0.3, -0.25) is 0 Å². The molecule has 1 aliphatic rings. The number of rotatable bonds is 2. The van der Waals surface area contributed by atoms with Crippen LogP contribution in [-0.4, -0.2) is 0 Å². The molecule has 0 N–H and O–H groups in total. The summed E-state index contributed by atoms with van der Waals surface area (Å²) in [5.74, 6) is 0. The molecule has 0 radical (unpaired) electrons. The Morgan fingerprint density at radius 3 is 2.71 bits per heavy atom. The minimum absolute atomic E-state index is 1.09. The van der Waals surface area contributed by atoms with Gasteiger partial charge in [-0.15, -0.1) is 0 Å². The molecule has 1 aromatic rings. The highest BCUT2D eigenvalue weighted by Crippen LogP contribution is 2.28. The maximum absolute atomic E-state index is 2.31. The molecule has 0 nitrogen and oxygen atoms in total. The van der Waals surface area contributed by atoms with Crippen molar-refractivity contribution in [3.8, 4) is 0 Å². The molecule has 0 fully saturated rings. The van der Waals surface area contributed by atoms with E-state index in [1.54, 1.807) is 0 Å². The number of allylic oxidation sites excluding steroid dienone is 4. The Morgan fingerprint density at radius 2 is 2.07 bits per heavy atom. The van der Waals surface area contributed by atoms with Gasteiger partial charge in [0.2, 0.25) is 0 Å². The van der Waals surface area contributed by atoms with Crippen molar-refractivity contribution in [2.45, 2.75) is 26.7 Å². The van der Waals surface area contributed by atoms with Gasteiger partial charge in [0.15, 0.2) is 0 Å². The fourth-order valence-corrected chi connectivity index (χ4v) is 1.93. The average molecular weight is 184 g/mol. The van der Waals surface area contributed by atoms with Crippen LogP contribution in [0.15, 0.2) is 42.0 Å². The van der Waals surface area contributed by atoms with Gasteiger partial charge in [0.1, 0.15) is 0 Å². The molecule has 0 amide bonds. The maximum atomic E-state index is 2.31.